The summed E-state index contributed by atoms with van der Waals surface area (Å²) in [5.74, 6) is 1.25. The predicted octanol–water partition coefficient (Wildman–Crippen LogP) is 5.83. The topological polar surface area (TPSA) is 3.24 Å². The van der Waals surface area contributed by atoms with E-state index in [1.165, 1.54) is 29.5 Å². The molecule has 0 aliphatic carbocycles. The van der Waals surface area contributed by atoms with Crippen LogP contribution in [0.1, 0.15) is 62.1 Å². The maximum Gasteiger partial charge on any atom is 0.0230 e. The Balaban J connectivity index is 2.03. The fourth-order valence-corrected chi connectivity index (χ4v) is 3.20. The lowest BCUT2D eigenvalue weighted by atomic mass is 9.84. The molecule has 0 N–H and O–H groups in total. The zero-order chi connectivity index (χ0) is 16.7. The Bertz CT molecular complexity index is 558. The van der Waals surface area contributed by atoms with Crippen molar-refractivity contribution in [3.63, 3.8) is 0 Å². The van der Waals surface area contributed by atoms with Gasteiger partial charge in [-0.1, -0.05) is 75.4 Å². The first-order chi connectivity index (χ1) is 11.1. The highest BCUT2D eigenvalue weighted by Gasteiger charge is 2.15. The van der Waals surface area contributed by atoms with Crippen molar-refractivity contribution in [2.24, 2.45) is 0 Å². The van der Waals surface area contributed by atoms with E-state index in [0.717, 1.165) is 13.1 Å². The maximum atomic E-state index is 2.35. The molecule has 2 unspecified atom stereocenters. The van der Waals surface area contributed by atoms with Crippen molar-refractivity contribution in [3.05, 3.63) is 71.3 Å². The van der Waals surface area contributed by atoms with Crippen LogP contribution in [0.2, 0.25) is 0 Å². The fraction of sp³-hybridized carbons (Fsp3) is 0.455. The zero-order valence-corrected chi connectivity index (χ0v) is 15.1. The van der Waals surface area contributed by atoms with Gasteiger partial charge in [0, 0.05) is 6.54 Å². The molecule has 0 radical (unpaired) electrons. The molecule has 0 heterocycles. The van der Waals surface area contributed by atoms with Crippen LogP contribution in [0.5, 0.6) is 0 Å². The van der Waals surface area contributed by atoms with Crippen molar-refractivity contribution in [1.29, 1.82) is 0 Å². The largest absolute Gasteiger partial charge is 0.302 e. The quantitative estimate of drug-likeness (QED) is 0.593. The highest BCUT2D eigenvalue weighted by molar-refractivity contribution is 5.27. The Morgan fingerprint density at radius 2 is 1.52 bits per heavy atom. The molecule has 0 amide bonds. The van der Waals surface area contributed by atoms with Crippen LogP contribution in [0.25, 0.3) is 0 Å². The lowest BCUT2D eigenvalue weighted by Crippen LogP contribution is -2.16. The van der Waals surface area contributed by atoms with Crippen LogP contribution in [0.3, 0.4) is 0 Å². The number of nitrogens with zero attached hydrogens (tertiary/aromatic N) is 1. The SMILES string of the molecule is CCC(CC(C)c1ccccc1)c1ccc(CN(C)CC)cc1. The van der Waals surface area contributed by atoms with Gasteiger partial charge in [0.2, 0.25) is 0 Å². The lowest BCUT2D eigenvalue weighted by molar-refractivity contribution is 0.345. The molecule has 0 saturated carbocycles. The molecule has 2 aromatic rings. The summed E-state index contributed by atoms with van der Waals surface area (Å²) in [6.45, 7) is 8.98. The Labute approximate surface area is 142 Å². The Hall–Kier alpha value is -1.60. The van der Waals surface area contributed by atoms with Gasteiger partial charge in [-0.05, 0) is 55.0 Å². The predicted molar refractivity (Wildman–Crippen MR) is 101 cm³/mol. The average molecular weight is 309 g/mol. The van der Waals surface area contributed by atoms with Gasteiger partial charge in [0.05, 0.1) is 0 Å². The van der Waals surface area contributed by atoms with Crippen molar-refractivity contribution >= 4 is 0 Å². The first-order valence-electron chi connectivity index (χ1n) is 8.96. The van der Waals surface area contributed by atoms with Crippen molar-refractivity contribution in [3.8, 4) is 0 Å². The molecule has 2 atom stereocenters. The van der Waals surface area contributed by atoms with E-state index in [2.05, 4.69) is 87.3 Å². The van der Waals surface area contributed by atoms with E-state index < -0.39 is 0 Å². The molecule has 0 aromatic heterocycles. The van der Waals surface area contributed by atoms with Crippen LogP contribution in [0, 0.1) is 0 Å². The molecule has 2 rings (SSSR count). The van der Waals surface area contributed by atoms with E-state index in [1.807, 2.05) is 0 Å². The Kier molecular flexibility index (Phi) is 6.85. The molecule has 23 heavy (non-hydrogen) atoms. The second-order valence-corrected chi connectivity index (χ2v) is 6.72. The van der Waals surface area contributed by atoms with Gasteiger partial charge in [0.1, 0.15) is 0 Å². The Morgan fingerprint density at radius 1 is 0.870 bits per heavy atom. The zero-order valence-electron chi connectivity index (χ0n) is 15.1. The average Bonchev–Trinajstić information content (AvgIpc) is 2.61. The van der Waals surface area contributed by atoms with E-state index in [0.29, 0.717) is 11.8 Å². The number of hydrogen-bond donors (Lipinski definition) is 0. The lowest BCUT2D eigenvalue weighted by Gasteiger charge is -2.21. The smallest absolute Gasteiger partial charge is 0.0230 e. The van der Waals surface area contributed by atoms with Gasteiger partial charge in [0.15, 0.2) is 0 Å². The van der Waals surface area contributed by atoms with E-state index in [-0.39, 0.29) is 0 Å². The van der Waals surface area contributed by atoms with Crippen LogP contribution in [-0.2, 0) is 6.54 Å². The highest BCUT2D eigenvalue weighted by atomic mass is 15.1. The molecule has 1 nitrogen and oxygen atoms in total. The third kappa shape index (κ3) is 5.21. The van der Waals surface area contributed by atoms with Gasteiger partial charge in [-0.15, -0.1) is 0 Å². The van der Waals surface area contributed by atoms with Crippen LogP contribution in [0.15, 0.2) is 54.6 Å². The Morgan fingerprint density at radius 3 is 2.09 bits per heavy atom. The summed E-state index contributed by atoms with van der Waals surface area (Å²) in [4.78, 5) is 2.34. The number of benzene rings is 2. The van der Waals surface area contributed by atoms with E-state index in [1.54, 1.807) is 0 Å². The first kappa shape index (κ1) is 17.7. The van der Waals surface area contributed by atoms with Crippen LogP contribution in [-0.4, -0.2) is 18.5 Å². The summed E-state index contributed by atoms with van der Waals surface area (Å²) in [5.41, 5.74) is 4.34. The van der Waals surface area contributed by atoms with Crippen molar-refractivity contribution < 1.29 is 0 Å². The van der Waals surface area contributed by atoms with Gasteiger partial charge >= 0.3 is 0 Å². The summed E-state index contributed by atoms with van der Waals surface area (Å²) in [6, 6.07) is 20.2. The normalized spacial score (nSPS) is 14.0. The monoisotopic (exact) mass is 309 g/mol. The minimum Gasteiger partial charge on any atom is -0.302 e. The molecule has 124 valence electrons. The summed E-state index contributed by atoms with van der Waals surface area (Å²) in [5, 5.41) is 0. The van der Waals surface area contributed by atoms with Crippen LogP contribution >= 0.6 is 0 Å². The molecular weight excluding hydrogens is 278 g/mol. The standard InChI is InChI=1S/C22H31N/c1-5-20(16-18(3)21-10-8-7-9-11-21)22-14-12-19(13-15-22)17-23(4)6-2/h7-15,18,20H,5-6,16-17H2,1-4H3. The fourth-order valence-electron chi connectivity index (χ4n) is 3.20. The molecular formula is C22H31N. The van der Waals surface area contributed by atoms with Crippen LogP contribution in [0.4, 0.5) is 0 Å². The summed E-state index contributed by atoms with van der Waals surface area (Å²) >= 11 is 0. The van der Waals surface area contributed by atoms with Gasteiger partial charge in [-0.2, -0.15) is 0 Å². The molecule has 2 aromatic carbocycles. The minimum atomic E-state index is 0.604. The second kappa shape index (κ2) is 8.88. The van der Waals surface area contributed by atoms with Crippen LogP contribution < -0.4 is 0 Å². The van der Waals surface area contributed by atoms with Crippen molar-refractivity contribution in [1.82, 2.24) is 4.90 Å². The summed E-state index contributed by atoms with van der Waals surface area (Å²) in [6.07, 6.45) is 2.42. The molecule has 0 saturated heterocycles. The third-order valence-electron chi connectivity index (χ3n) is 4.94. The molecule has 0 bridgehead atoms. The number of hydrogen-bond acceptors (Lipinski definition) is 1. The molecule has 0 spiro atoms. The van der Waals surface area contributed by atoms with Gasteiger partial charge in [-0.3, -0.25) is 0 Å². The van der Waals surface area contributed by atoms with E-state index >= 15 is 0 Å². The highest BCUT2D eigenvalue weighted by Crippen LogP contribution is 2.32. The molecule has 0 fully saturated rings. The summed E-state index contributed by atoms with van der Waals surface area (Å²) in [7, 11) is 2.17. The first-order valence-corrected chi connectivity index (χ1v) is 8.96. The molecule has 0 aliphatic rings. The van der Waals surface area contributed by atoms with E-state index in [4.69, 9.17) is 0 Å². The third-order valence-corrected chi connectivity index (χ3v) is 4.94. The van der Waals surface area contributed by atoms with Crippen molar-refractivity contribution in [2.75, 3.05) is 13.6 Å². The maximum absolute atomic E-state index is 2.35. The van der Waals surface area contributed by atoms with Gasteiger partial charge in [0.25, 0.3) is 0 Å². The minimum absolute atomic E-state index is 0.604. The second-order valence-electron chi connectivity index (χ2n) is 6.72. The van der Waals surface area contributed by atoms with Crippen molar-refractivity contribution in [2.45, 2.75) is 52.0 Å². The molecule has 0 aliphatic heterocycles. The van der Waals surface area contributed by atoms with Gasteiger partial charge < -0.3 is 4.90 Å². The van der Waals surface area contributed by atoms with Gasteiger partial charge in [-0.25, -0.2) is 0 Å². The van der Waals surface area contributed by atoms with E-state index in [9.17, 15) is 0 Å². The number of rotatable bonds is 8. The summed E-state index contributed by atoms with van der Waals surface area (Å²) < 4.78 is 0. The molecule has 1 heteroatoms.